The Morgan fingerprint density at radius 2 is 2.00 bits per heavy atom. The average Bonchev–Trinajstić information content (AvgIpc) is 2.31. The van der Waals surface area contributed by atoms with Crippen molar-refractivity contribution in [2.75, 3.05) is 45.2 Å². The van der Waals surface area contributed by atoms with E-state index in [9.17, 15) is 0 Å². The molecule has 1 rings (SSSR count). The minimum absolute atomic E-state index is 0.249. The van der Waals surface area contributed by atoms with Gasteiger partial charge in [-0.25, -0.2) is 0 Å². The molecule has 0 saturated carbocycles. The Balaban J connectivity index is 2.50. The summed E-state index contributed by atoms with van der Waals surface area (Å²) in [5, 5.41) is 9.06. The van der Waals surface area contributed by atoms with Gasteiger partial charge in [0.1, 0.15) is 0 Å². The fourth-order valence-electron chi connectivity index (χ4n) is 2.37. The molecule has 1 aliphatic rings. The molecule has 0 aromatic rings. The van der Waals surface area contributed by atoms with E-state index in [1.54, 1.807) is 0 Å². The van der Waals surface area contributed by atoms with E-state index in [1.807, 2.05) is 0 Å². The molecule has 0 aliphatic carbocycles. The van der Waals surface area contributed by atoms with Crippen LogP contribution in [0.4, 0.5) is 0 Å². The lowest BCUT2D eigenvalue weighted by Crippen LogP contribution is -2.44. The maximum atomic E-state index is 9.06. The number of ether oxygens (including phenoxy) is 1. The van der Waals surface area contributed by atoms with Gasteiger partial charge in [-0.1, -0.05) is 6.92 Å². The Bertz CT molecular complexity index is 178. The predicted octanol–water partition coefficient (Wildman–Crippen LogP) is 1.42. The van der Waals surface area contributed by atoms with E-state index < -0.39 is 0 Å². The molecule has 0 aromatic carbocycles. The van der Waals surface area contributed by atoms with Crippen molar-refractivity contribution in [3.8, 4) is 0 Å². The molecule has 0 unspecified atom stereocenters. The van der Waals surface area contributed by atoms with Gasteiger partial charge in [-0.15, -0.1) is 0 Å². The largest absolute Gasteiger partial charge is 0.395 e. The second-order valence-corrected chi connectivity index (χ2v) is 5.09. The van der Waals surface area contributed by atoms with E-state index >= 15 is 0 Å². The zero-order chi connectivity index (χ0) is 11.9. The lowest BCUT2D eigenvalue weighted by molar-refractivity contribution is 0.00550. The number of aliphatic hydroxyl groups excluding tert-OH is 1. The van der Waals surface area contributed by atoms with E-state index in [1.165, 1.54) is 0 Å². The molecule has 0 aromatic heterocycles. The summed E-state index contributed by atoms with van der Waals surface area (Å²) in [5.74, 6) is 0.919. The highest BCUT2D eigenvalue weighted by Crippen LogP contribution is 2.32. The summed E-state index contributed by atoms with van der Waals surface area (Å²) in [6.07, 6.45) is 3.34. The van der Waals surface area contributed by atoms with Crippen molar-refractivity contribution in [1.82, 2.24) is 4.90 Å². The van der Waals surface area contributed by atoms with Gasteiger partial charge in [-0.3, -0.25) is 0 Å². The van der Waals surface area contributed by atoms with Crippen LogP contribution in [0.15, 0.2) is 0 Å². The Morgan fingerprint density at radius 3 is 2.50 bits per heavy atom. The Labute approximate surface area is 105 Å². The zero-order valence-corrected chi connectivity index (χ0v) is 11.2. The van der Waals surface area contributed by atoms with Gasteiger partial charge >= 0.3 is 0 Å². The molecule has 96 valence electrons. The van der Waals surface area contributed by atoms with Gasteiger partial charge < -0.3 is 14.7 Å². The summed E-state index contributed by atoms with van der Waals surface area (Å²) in [6, 6.07) is 0. The number of hydrogen-bond acceptors (Lipinski definition) is 4. The van der Waals surface area contributed by atoms with E-state index in [-0.39, 0.29) is 6.61 Å². The molecule has 1 fully saturated rings. The monoisotopic (exact) mass is 247 g/mol. The first kappa shape index (κ1) is 14.3. The fourth-order valence-corrected chi connectivity index (χ4v) is 2.79. The van der Waals surface area contributed by atoms with Crippen LogP contribution in [-0.2, 0) is 4.74 Å². The van der Waals surface area contributed by atoms with Gasteiger partial charge in [-0.05, 0) is 37.0 Å². The number of nitrogens with zero attached hydrogens (tertiary/aromatic N) is 1. The van der Waals surface area contributed by atoms with Crippen molar-refractivity contribution in [2.24, 2.45) is 5.41 Å². The summed E-state index contributed by atoms with van der Waals surface area (Å²) in [4.78, 5) is 2.36. The highest BCUT2D eigenvalue weighted by atomic mass is 32.1. The van der Waals surface area contributed by atoms with Crippen molar-refractivity contribution < 1.29 is 9.84 Å². The van der Waals surface area contributed by atoms with Crippen LogP contribution in [0.2, 0.25) is 0 Å². The summed E-state index contributed by atoms with van der Waals surface area (Å²) in [6.45, 7) is 7.05. The molecular formula is C12H25NO2S. The Hall–Kier alpha value is 0.230. The normalized spacial score (nSPS) is 20.2. The summed E-state index contributed by atoms with van der Waals surface area (Å²) >= 11 is 4.52. The molecule has 3 nitrogen and oxygen atoms in total. The number of aliphatic hydroxyl groups is 1. The first-order chi connectivity index (χ1) is 7.76. The minimum Gasteiger partial charge on any atom is -0.395 e. The fraction of sp³-hybridized carbons (Fsp3) is 1.00. The van der Waals surface area contributed by atoms with Gasteiger partial charge in [-0.2, -0.15) is 12.6 Å². The van der Waals surface area contributed by atoms with Crippen LogP contribution in [0.1, 0.15) is 26.2 Å². The third kappa shape index (κ3) is 4.24. The van der Waals surface area contributed by atoms with E-state index in [4.69, 9.17) is 9.84 Å². The van der Waals surface area contributed by atoms with Crippen molar-refractivity contribution in [1.29, 1.82) is 0 Å². The van der Waals surface area contributed by atoms with Crippen LogP contribution in [-0.4, -0.2) is 55.2 Å². The number of thiol groups is 1. The maximum absolute atomic E-state index is 9.06. The Morgan fingerprint density at radius 1 is 1.31 bits per heavy atom. The zero-order valence-electron chi connectivity index (χ0n) is 10.3. The second kappa shape index (κ2) is 7.54. The standard InChI is InChI=1S/C12H25NO2S/c1-2-5-13(6-7-14)10-12(11-16)3-8-15-9-4-12/h14,16H,2-11H2,1H3. The van der Waals surface area contributed by atoms with Crippen LogP contribution >= 0.6 is 12.6 Å². The molecule has 0 bridgehead atoms. The molecule has 0 spiro atoms. The summed E-state index contributed by atoms with van der Waals surface area (Å²) < 4.78 is 5.43. The van der Waals surface area contributed by atoms with Crippen molar-refractivity contribution >= 4 is 12.6 Å². The third-order valence-electron chi connectivity index (χ3n) is 3.40. The lowest BCUT2D eigenvalue weighted by Gasteiger charge is -2.40. The van der Waals surface area contributed by atoms with Gasteiger partial charge in [0, 0.05) is 26.3 Å². The number of rotatable bonds is 7. The molecule has 1 heterocycles. The smallest absolute Gasteiger partial charge is 0.0558 e. The van der Waals surface area contributed by atoms with E-state index in [0.29, 0.717) is 5.41 Å². The first-order valence-electron chi connectivity index (χ1n) is 6.28. The van der Waals surface area contributed by atoms with Gasteiger partial charge in [0.2, 0.25) is 0 Å². The second-order valence-electron chi connectivity index (χ2n) is 4.77. The van der Waals surface area contributed by atoms with Crippen molar-refractivity contribution in [3.63, 3.8) is 0 Å². The maximum Gasteiger partial charge on any atom is 0.0558 e. The van der Waals surface area contributed by atoms with Crippen LogP contribution in [0, 0.1) is 5.41 Å². The molecular weight excluding hydrogens is 222 g/mol. The topological polar surface area (TPSA) is 32.7 Å². The highest BCUT2D eigenvalue weighted by Gasteiger charge is 2.32. The average molecular weight is 247 g/mol. The summed E-state index contributed by atoms with van der Waals surface area (Å²) in [7, 11) is 0. The Kier molecular flexibility index (Phi) is 6.73. The quantitative estimate of drug-likeness (QED) is 0.667. The molecule has 4 heteroatoms. The molecule has 16 heavy (non-hydrogen) atoms. The van der Waals surface area contributed by atoms with Gasteiger partial charge in [0.25, 0.3) is 0 Å². The number of hydrogen-bond donors (Lipinski definition) is 2. The highest BCUT2D eigenvalue weighted by molar-refractivity contribution is 7.80. The van der Waals surface area contributed by atoms with Crippen LogP contribution in [0.5, 0.6) is 0 Å². The van der Waals surface area contributed by atoms with E-state index in [0.717, 1.165) is 57.9 Å². The van der Waals surface area contributed by atoms with Gasteiger partial charge in [0.05, 0.1) is 6.61 Å². The predicted molar refractivity (Wildman–Crippen MR) is 70.2 cm³/mol. The molecule has 1 saturated heterocycles. The van der Waals surface area contributed by atoms with Crippen molar-refractivity contribution in [3.05, 3.63) is 0 Å². The lowest BCUT2D eigenvalue weighted by atomic mass is 9.81. The molecule has 0 radical (unpaired) electrons. The molecule has 1 N–H and O–H groups in total. The SMILES string of the molecule is CCCN(CCO)CC1(CS)CCOCC1. The third-order valence-corrected chi connectivity index (χ3v) is 4.07. The van der Waals surface area contributed by atoms with Crippen LogP contribution < -0.4 is 0 Å². The molecule has 0 atom stereocenters. The molecule has 0 amide bonds. The molecule has 1 aliphatic heterocycles. The minimum atomic E-state index is 0.249. The van der Waals surface area contributed by atoms with Crippen molar-refractivity contribution in [2.45, 2.75) is 26.2 Å². The summed E-state index contributed by atoms with van der Waals surface area (Å²) in [5.41, 5.74) is 0.297. The van der Waals surface area contributed by atoms with Crippen LogP contribution in [0.3, 0.4) is 0 Å². The first-order valence-corrected chi connectivity index (χ1v) is 6.91. The van der Waals surface area contributed by atoms with Gasteiger partial charge in [0.15, 0.2) is 0 Å². The van der Waals surface area contributed by atoms with E-state index in [2.05, 4.69) is 24.5 Å². The van der Waals surface area contributed by atoms with Crippen LogP contribution in [0.25, 0.3) is 0 Å².